The van der Waals surface area contributed by atoms with Crippen LogP contribution in [0.15, 0.2) is 11.6 Å². The summed E-state index contributed by atoms with van der Waals surface area (Å²) in [6.45, 7) is 3.54. The molecule has 0 bridgehead atoms. The first-order chi connectivity index (χ1) is 15.4. The van der Waals surface area contributed by atoms with E-state index >= 15 is 0 Å². The predicted molar refractivity (Wildman–Crippen MR) is 127 cm³/mol. The van der Waals surface area contributed by atoms with Crippen LogP contribution in [-0.4, -0.2) is 51.5 Å². The molecule has 2 unspecified atom stereocenters. The number of hydrogen-bond donors (Lipinski definition) is 3. The molecule has 0 aliphatic rings. The van der Waals surface area contributed by atoms with Gasteiger partial charge in [-0.1, -0.05) is 90.9 Å². The molecule has 6 nitrogen and oxygen atoms in total. The fourth-order valence-corrected chi connectivity index (χ4v) is 3.59. The maximum Gasteiger partial charge on any atom is 0.187 e. The minimum atomic E-state index is -1.85. The molecule has 3 N–H and O–H groups in total. The van der Waals surface area contributed by atoms with E-state index in [0.29, 0.717) is 12.8 Å². The number of aliphatic hydroxyl groups is 3. The van der Waals surface area contributed by atoms with Gasteiger partial charge in [0.05, 0.1) is 12.2 Å². The number of carbonyl (C=O) groups is 3. The van der Waals surface area contributed by atoms with Gasteiger partial charge in [-0.15, -0.1) is 0 Å². The molecule has 0 saturated heterocycles. The van der Waals surface area contributed by atoms with Crippen LogP contribution in [0.5, 0.6) is 0 Å². The standard InChI is InChI=1S/C26H46O6/c1-3-5-7-9-11-13-15-17-22(28)21(19-24(30)26(32)25(31)20-27)23(29)18-16-14-12-10-8-6-4-2/h19,25-27,31-32H,3-18,20H2,1-2H3. The second-order valence-electron chi connectivity index (χ2n) is 8.74. The minimum absolute atomic E-state index is 0.184. The highest BCUT2D eigenvalue weighted by Gasteiger charge is 2.25. The molecule has 6 heteroatoms. The number of hydrogen-bond acceptors (Lipinski definition) is 6. The third-order valence-electron chi connectivity index (χ3n) is 5.75. The molecule has 0 aliphatic carbocycles. The molecular formula is C26H46O6. The van der Waals surface area contributed by atoms with Crippen LogP contribution in [0.3, 0.4) is 0 Å². The van der Waals surface area contributed by atoms with E-state index in [1.807, 2.05) is 0 Å². The maximum atomic E-state index is 12.7. The Morgan fingerprint density at radius 3 is 1.41 bits per heavy atom. The van der Waals surface area contributed by atoms with E-state index < -0.39 is 24.6 Å². The van der Waals surface area contributed by atoms with Crippen molar-refractivity contribution in [3.05, 3.63) is 11.6 Å². The van der Waals surface area contributed by atoms with Crippen molar-refractivity contribution in [2.24, 2.45) is 0 Å². The van der Waals surface area contributed by atoms with Crippen LogP contribution in [0.2, 0.25) is 0 Å². The fourth-order valence-electron chi connectivity index (χ4n) is 3.59. The normalized spacial score (nSPS) is 12.9. The molecule has 0 rings (SSSR count). The first kappa shape index (κ1) is 30.6. The van der Waals surface area contributed by atoms with E-state index in [1.54, 1.807) is 0 Å². The van der Waals surface area contributed by atoms with E-state index in [-0.39, 0.29) is 30.0 Å². The second-order valence-corrected chi connectivity index (χ2v) is 8.74. The molecule has 0 radical (unpaired) electrons. The topological polar surface area (TPSA) is 112 Å². The van der Waals surface area contributed by atoms with E-state index in [4.69, 9.17) is 5.11 Å². The Morgan fingerprint density at radius 1 is 0.656 bits per heavy atom. The zero-order valence-corrected chi connectivity index (χ0v) is 20.3. The minimum Gasteiger partial charge on any atom is -0.394 e. The summed E-state index contributed by atoms with van der Waals surface area (Å²) in [6, 6.07) is 0. The van der Waals surface area contributed by atoms with Gasteiger partial charge in [0.2, 0.25) is 0 Å². The molecule has 0 heterocycles. The van der Waals surface area contributed by atoms with Crippen molar-refractivity contribution in [3.8, 4) is 0 Å². The Labute approximate surface area is 194 Å². The zero-order valence-electron chi connectivity index (χ0n) is 20.3. The van der Waals surface area contributed by atoms with Crippen molar-refractivity contribution in [1.29, 1.82) is 0 Å². The summed E-state index contributed by atoms with van der Waals surface area (Å²) in [5.41, 5.74) is -0.184. The summed E-state index contributed by atoms with van der Waals surface area (Å²) in [6.07, 6.45) is 12.4. The van der Waals surface area contributed by atoms with E-state index in [0.717, 1.165) is 44.6 Å². The first-order valence-corrected chi connectivity index (χ1v) is 12.7. The summed E-state index contributed by atoms with van der Waals surface area (Å²) in [7, 11) is 0. The van der Waals surface area contributed by atoms with Gasteiger partial charge in [-0.05, 0) is 18.9 Å². The maximum absolute atomic E-state index is 12.7. The van der Waals surface area contributed by atoms with E-state index in [2.05, 4.69) is 13.8 Å². The van der Waals surface area contributed by atoms with E-state index in [1.165, 1.54) is 38.5 Å². The van der Waals surface area contributed by atoms with Crippen molar-refractivity contribution in [1.82, 2.24) is 0 Å². The monoisotopic (exact) mass is 454 g/mol. The van der Waals surface area contributed by atoms with Crippen LogP contribution < -0.4 is 0 Å². The largest absolute Gasteiger partial charge is 0.394 e. The quantitative estimate of drug-likeness (QED) is 0.0953. The molecule has 32 heavy (non-hydrogen) atoms. The third kappa shape index (κ3) is 14.6. The Bertz CT molecular complexity index is 523. The zero-order chi connectivity index (χ0) is 24.2. The SMILES string of the molecule is CCCCCCCCCC(=O)C(=CC(=O)C(O)C(O)CO)C(=O)CCCCCCCCC. The molecule has 0 spiro atoms. The molecule has 0 aliphatic heterocycles. The van der Waals surface area contributed by atoms with Crippen LogP contribution in [-0.2, 0) is 14.4 Å². The number of ketones is 3. The first-order valence-electron chi connectivity index (χ1n) is 12.7. The lowest BCUT2D eigenvalue weighted by molar-refractivity contribution is -0.130. The summed E-state index contributed by atoms with van der Waals surface area (Å²) in [5.74, 6) is -1.70. The van der Waals surface area contributed by atoms with Gasteiger partial charge in [0.15, 0.2) is 17.3 Å². The van der Waals surface area contributed by atoms with Crippen LogP contribution in [0.25, 0.3) is 0 Å². The predicted octanol–water partition coefficient (Wildman–Crippen LogP) is 4.62. The lowest BCUT2D eigenvalue weighted by Gasteiger charge is -2.13. The van der Waals surface area contributed by atoms with Crippen molar-refractivity contribution < 1.29 is 29.7 Å². The Balaban J connectivity index is 4.81. The molecule has 0 aromatic carbocycles. The molecule has 0 fully saturated rings. The Hall–Kier alpha value is -1.37. The van der Waals surface area contributed by atoms with Gasteiger partial charge < -0.3 is 15.3 Å². The van der Waals surface area contributed by atoms with E-state index in [9.17, 15) is 24.6 Å². The molecule has 0 amide bonds. The van der Waals surface area contributed by atoms with Crippen molar-refractivity contribution in [3.63, 3.8) is 0 Å². The van der Waals surface area contributed by atoms with Crippen LogP contribution >= 0.6 is 0 Å². The van der Waals surface area contributed by atoms with Gasteiger partial charge in [0.25, 0.3) is 0 Å². The van der Waals surface area contributed by atoms with Gasteiger partial charge in [0, 0.05) is 12.8 Å². The Morgan fingerprint density at radius 2 is 1.03 bits per heavy atom. The average Bonchev–Trinajstić information content (AvgIpc) is 2.79. The van der Waals surface area contributed by atoms with Crippen LogP contribution in [0.4, 0.5) is 0 Å². The number of rotatable bonds is 22. The van der Waals surface area contributed by atoms with Crippen molar-refractivity contribution in [2.75, 3.05) is 6.61 Å². The van der Waals surface area contributed by atoms with Crippen LogP contribution in [0, 0.1) is 0 Å². The summed E-state index contributed by atoms with van der Waals surface area (Å²) in [4.78, 5) is 37.6. The van der Waals surface area contributed by atoms with Crippen LogP contribution in [0.1, 0.15) is 117 Å². The number of carbonyl (C=O) groups excluding carboxylic acids is 3. The summed E-state index contributed by atoms with van der Waals surface area (Å²) < 4.78 is 0. The highest BCUT2D eigenvalue weighted by Crippen LogP contribution is 2.16. The third-order valence-corrected chi connectivity index (χ3v) is 5.75. The Kier molecular flexibility index (Phi) is 19.4. The second kappa shape index (κ2) is 20.3. The summed E-state index contributed by atoms with van der Waals surface area (Å²) >= 11 is 0. The van der Waals surface area contributed by atoms with Gasteiger partial charge in [-0.25, -0.2) is 0 Å². The van der Waals surface area contributed by atoms with Gasteiger partial charge in [0.1, 0.15) is 12.2 Å². The number of unbranched alkanes of at least 4 members (excludes halogenated alkanes) is 12. The van der Waals surface area contributed by atoms with Crippen molar-refractivity contribution >= 4 is 17.3 Å². The summed E-state index contributed by atoms with van der Waals surface area (Å²) in [5, 5.41) is 28.2. The number of allylic oxidation sites excluding steroid dienone is 1. The number of Topliss-reactive ketones (excluding diaryl/α,β-unsaturated/α-hetero) is 2. The molecule has 2 atom stereocenters. The molecule has 0 saturated carbocycles. The highest BCUT2D eigenvalue weighted by atomic mass is 16.4. The smallest absolute Gasteiger partial charge is 0.187 e. The lowest BCUT2D eigenvalue weighted by Crippen LogP contribution is -2.36. The highest BCUT2D eigenvalue weighted by molar-refractivity contribution is 6.23. The van der Waals surface area contributed by atoms with Gasteiger partial charge >= 0.3 is 0 Å². The van der Waals surface area contributed by atoms with Gasteiger partial charge in [-0.3, -0.25) is 14.4 Å². The van der Waals surface area contributed by atoms with Crippen molar-refractivity contribution in [2.45, 2.75) is 129 Å². The number of aliphatic hydroxyl groups excluding tert-OH is 3. The molecular weight excluding hydrogens is 408 g/mol. The lowest BCUT2D eigenvalue weighted by atomic mass is 9.94. The van der Waals surface area contributed by atoms with Gasteiger partial charge in [-0.2, -0.15) is 0 Å². The average molecular weight is 455 g/mol. The molecule has 0 aromatic heterocycles. The fraction of sp³-hybridized carbons (Fsp3) is 0.808. The molecule has 0 aromatic rings. The molecule has 186 valence electrons.